The van der Waals surface area contributed by atoms with Gasteiger partial charge in [0.1, 0.15) is 0 Å². The van der Waals surface area contributed by atoms with Gasteiger partial charge in [-0.1, -0.05) is 0 Å². The zero-order valence-electron chi connectivity index (χ0n) is 8.82. The molecule has 0 radical (unpaired) electrons. The summed E-state index contributed by atoms with van der Waals surface area (Å²) >= 11 is 0. The van der Waals surface area contributed by atoms with Crippen molar-refractivity contribution in [3.63, 3.8) is 0 Å². The lowest BCUT2D eigenvalue weighted by molar-refractivity contribution is 0.209. The van der Waals surface area contributed by atoms with Gasteiger partial charge >= 0.3 is 6.03 Å². The summed E-state index contributed by atoms with van der Waals surface area (Å²) in [6, 6.07) is -0.168. The first-order chi connectivity index (χ1) is 7.05. The standard InChI is InChI=1S/C8H17N3O3S/c1-9-15(13,14)7-4-10-8(12)11-5-2-3-6-11/h9H,2-7H2,1H3,(H,10,12). The summed E-state index contributed by atoms with van der Waals surface area (Å²) in [4.78, 5) is 13.1. The number of carbonyl (C=O) groups excluding carboxylic acids is 1. The highest BCUT2D eigenvalue weighted by Crippen LogP contribution is 2.06. The van der Waals surface area contributed by atoms with Crippen molar-refractivity contribution in [3.8, 4) is 0 Å². The highest BCUT2D eigenvalue weighted by atomic mass is 32.2. The van der Waals surface area contributed by atoms with Gasteiger partial charge in [0.15, 0.2) is 0 Å². The zero-order valence-corrected chi connectivity index (χ0v) is 9.64. The second-order valence-corrected chi connectivity index (χ2v) is 5.50. The maximum atomic E-state index is 11.4. The molecule has 0 atom stereocenters. The molecule has 1 rings (SSSR count). The molecule has 0 saturated carbocycles. The second kappa shape index (κ2) is 5.32. The molecule has 0 spiro atoms. The Balaban J connectivity index is 2.22. The van der Waals surface area contributed by atoms with Crippen LogP contribution in [0.3, 0.4) is 0 Å². The first-order valence-corrected chi connectivity index (χ1v) is 6.64. The molecule has 88 valence electrons. The molecule has 1 aliphatic rings. The van der Waals surface area contributed by atoms with E-state index < -0.39 is 10.0 Å². The number of hydrogen-bond donors (Lipinski definition) is 2. The van der Waals surface area contributed by atoms with Crippen LogP contribution in [0.1, 0.15) is 12.8 Å². The lowest BCUT2D eigenvalue weighted by Crippen LogP contribution is -2.41. The van der Waals surface area contributed by atoms with Gasteiger partial charge in [-0.3, -0.25) is 0 Å². The molecule has 0 bridgehead atoms. The molecule has 1 saturated heterocycles. The van der Waals surface area contributed by atoms with Crippen LogP contribution >= 0.6 is 0 Å². The highest BCUT2D eigenvalue weighted by molar-refractivity contribution is 7.89. The van der Waals surface area contributed by atoms with Crippen LogP contribution in [0.2, 0.25) is 0 Å². The van der Waals surface area contributed by atoms with E-state index in [4.69, 9.17) is 0 Å². The molecule has 1 aliphatic heterocycles. The fraction of sp³-hybridized carbons (Fsp3) is 0.875. The van der Waals surface area contributed by atoms with Crippen LogP contribution in [-0.4, -0.2) is 51.8 Å². The largest absolute Gasteiger partial charge is 0.337 e. The summed E-state index contributed by atoms with van der Waals surface area (Å²) in [5, 5.41) is 2.58. The van der Waals surface area contributed by atoms with E-state index in [-0.39, 0.29) is 18.3 Å². The van der Waals surface area contributed by atoms with E-state index in [2.05, 4.69) is 10.0 Å². The van der Waals surface area contributed by atoms with E-state index in [0.29, 0.717) is 0 Å². The lowest BCUT2D eigenvalue weighted by atomic mass is 10.4. The Morgan fingerprint density at radius 2 is 1.93 bits per heavy atom. The SMILES string of the molecule is CNS(=O)(=O)CCNC(=O)N1CCCC1. The van der Waals surface area contributed by atoms with Crippen LogP contribution < -0.4 is 10.0 Å². The number of nitrogens with zero attached hydrogens (tertiary/aromatic N) is 1. The third kappa shape index (κ3) is 4.05. The molecule has 0 unspecified atom stereocenters. The summed E-state index contributed by atoms with van der Waals surface area (Å²) in [5.41, 5.74) is 0. The Labute approximate surface area is 90.1 Å². The summed E-state index contributed by atoms with van der Waals surface area (Å²) in [7, 11) is -1.86. The maximum absolute atomic E-state index is 11.4. The molecule has 0 aromatic heterocycles. The molecule has 1 heterocycles. The molecular weight excluding hydrogens is 218 g/mol. The first-order valence-electron chi connectivity index (χ1n) is 4.99. The molecule has 15 heavy (non-hydrogen) atoms. The highest BCUT2D eigenvalue weighted by Gasteiger charge is 2.17. The average molecular weight is 235 g/mol. The zero-order chi connectivity index (χ0) is 11.3. The number of amides is 2. The van der Waals surface area contributed by atoms with Gasteiger partial charge < -0.3 is 10.2 Å². The van der Waals surface area contributed by atoms with Gasteiger partial charge in [-0.05, 0) is 19.9 Å². The predicted octanol–water partition coefficient (Wildman–Crippen LogP) is -0.659. The van der Waals surface area contributed by atoms with E-state index in [9.17, 15) is 13.2 Å². The van der Waals surface area contributed by atoms with Gasteiger partial charge in [0, 0.05) is 19.6 Å². The Morgan fingerprint density at radius 1 is 1.33 bits per heavy atom. The van der Waals surface area contributed by atoms with Crippen molar-refractivity contribution in [2.45, 2.75) is 12.8 Å². The number of hydrogen-bond acceptors (Lipinski definition) is 3. The molecular formula is C8H17N3O3S. The summed E-state index contributed by atoms with van der Waals surface area (Å²) in [6.07, 6.45) is 2.06. The molecule has 7 heteroatoms. The van der Waals surface area contributed by atoms with E-state index in [0.717, 1.165) is 25.9 Å². The molecule has 6 nitrogen and oxygen atoms in total. The molecule has 2 N–H and O–H groups in total. The van der Waals surface area contributed by atoms with Gasteiger partial charge in [-0.2, -0.15) is 0 Å². The van der Waals surface area contributed by atoms with E-state index in [1.807, 2.05) is 0 Å². The van der Waals surface area contributed by atoms with E-state index in [1.54, 1.807) is 4.90 Å². The molecule has 2 amide bonds. The van der Waals surface area contributed by atoms with Crippen molar-refractivity contribution >= 4 is 16.1 Å². The van der Waals surface area contributed by atoms with Crippen LogP contribution in [-0.2, 0) is 10.0 Å². The van der Waals surface area contributed by atoms with Gasteiger partial charge in [0.05, 0.1) is 5.75 Å². The second-order valence-electron chi connectivity index (χ2n) is 3.45. The summed E-state index contributed by atoms with van der Waals surface area (Å²) in [6.45, 7) is 1.69. The number of nitrogens with one attached hydrogen (secondary N) is 2. The van der Waals surface area contributed by atoms with Crippen LogP contribution in [0.5, 0.6) is 0 Å². The minimum atomic E-state index is -3.22. The predicted molar refractivity (Wildman–Crippen MR) is 57.1 cm³/mol. The number of rotatable bonds is 4. The maximum Gasteiger partial charge on any atom is 0.317 e. The first kappa shape index (κ1) is 12.3. The molecule has 0 aliphatic carbocycles. The van der Waals surface area contributed by atoms with Crippen LogP contribution in [0.15, 0.2) is 0 Å². The molecule has 0 aromatic rings. The third-order valence-electron chi connectivity index (χ3n) is 2.35. The molecule has 1 fully saturated rings. The van der Waals surface area contributed by atoms with Gasteiger partial charge in [0.2, 0.25) is 10.0 Å². The van der Waals surface area contributed by atoms with E-state index in [1.165, 1.54) is 7.05 Å². The van der Waals surface area contributed by atoms with Crippen molar-refractivity contribution in [3.05, 3.63) is 0 Å². The van der Waals surface area contributed by atoms with Crippen molar-refractivity contribution in [1.29, 1.82) is 0 Å². The van der Waals surface area contributed by atoms with Gasteiger partial charge in [-0.25, -0.2) is 17.9 Å². The average Bonchev–Trinajstić information content (AvgIpc) is 2.70. The quantitative estimate of drug-likeness (QED) is 0.679. The lowest BCUT2D eigenvalue weighted by Gasteiger charge is -2.15. The summed E-state index contributed by atoms with van der Waals surface area (Å²) in [5.74, 6) is -0.0803. The number of carbonyl (C=O) groups is 1. The Morgan fingerprint density at radius 3 is 2.47 bits per heavy atom. The molecule has 0 aromatic carbocycles. The van der Waals surface area contributed by atoms with Crippen molar-refractivity contribution in [2.24, 2.45) is 0 Å². The van der Waals surface area contributed by atoms with Crippen molar-refractivity contribution in [1.82, 2.24) is 14.9 Å². The Hall–Kier alpha value is -0.820. The third-order valence-corrected chi connectivity index (χ3v) is 3.71. The number of sulfonamides is 1. The van der Waals surface area contributed by atoms with Crippen LogP contribution in [0.4, 0.5) is 4.79 Å². The van der Waals surface area contributed by atoms with Crippen LogP contribution in [0, 0.1) is 0 Å². The number of urea groups is 1. The van der Waals surface area contributed by atoms with Gasteiger partial charge in [-0.15, -0.1) is 0 Å². The minimum Gasteiger partial charge on any atom is -0.337 e. The number of likely N-dealkylation sites (tertiary alicyclic amines) is 1. The van der Waals surface area contributed by atoms with Crippen molar-refractivity contribution in [2.75, 3.05) is 32.4 Å². The Bertz CT molecular complexity index is 309. The minimum absolute atomic E-state index is 0.0803. The van der Waals surface area contributed by atoms with Crippen molar-refractivity contribution < 1.29 is 13.2 Å². The van der Waals surface area contributed by atoms with E-state index >= 15 is 0 Å². The van der Waals surface area contributed by atoms with Crippen LogP contribution in [0.25, 0.3) is 0 Å². The Kier molecular flexibility index (Phi) is 4.34. The monoisotopic (exact) mass is 235 g/mol. The topological polar surface area (TPSA) is 78.5 Å². The summed E-state index contributed by atoms with van der Waals surface area (Å²) < 4.78 is 24.2. The fourth-order valence-corrected chi connectivity index (χ4v) is 2.00. The smallest absolute Gasteiger partial charge is 0.317 e. The van der Waals surface area contributed by atoms with Gasteiger partial charge in [0.25, 0.3) is 0 Å². The normalized spacial score (nSPS) is 16.7. The fourth-order valence-electron chi connectivity index (χ4n) is 1.43.